The molecule has 1 aliphatic carbocycles. The van der Waals surface area contributed by atoms with Crippen molar-refractivity contribution < 1.29 is 0 Å². The molecule has 3 aromatic rings. The van der Waals surface area contributed by atoms with Gasteiger partial charge in [0, 0.05) is 74.9 Å². The molecule has 4 rings (SSSR count). The molecule has 0 atom stereocenters. The first-order chi connectivity index (χ1) is 14.8. The molecule has 1 fully saturated rings. The molecule has 0 amide bonds. The Hall–Kier alpha value is -2.67. The number of pyridine rings is 3. The predicted octanol–water partition coefficient (Wildman–Crippen LogP) is 2.83. The fraction of sp³-hybridized carbons (Fsp3) is 0.375. The van der Waals surface area contributed by atoms with Crippen LogP contribution in [0.1, 0.15) is 36.0 Å². The molecular weight excluding hydrogens is 372 g/mol. The second kappa shape index (κ2) is 10.9. The van der Waals surface area contributed by atoms with Crippen molar-refractivity contribution in [3.8, 4) is 0 Å². The zero-order chi connectivity index (χ0) is 20.4. The van der Waals surface area contributed by atoms with Crippen LogP contribution >= 0.6 is 0 Å². The van der Waals surface area contributed by atoms with Crippen LogP contribution in [0.2, 0.25) is 0 Å². The van der Waals surface area contributed by atoms with Crippen molar-refractivity contribution >= 4 is 0 Å². The van der Waals surface area contributed by atoms with Gasteiger partial charge in [0.2, 0.25) is 0 Å². The minimum Gasteiger partial charge on any atom is -0.310 e. The summed E-state index contributed by atoms with van der Waals surface area (Å²) in [6.07, 6.45) is 14.6. The summed E-state index contributed by atoms with van der Waals surface area (Å²) in [5.74, 6) is 0. The lowest BCUT2D eigenvalue weighted by Gasteiger charge is -2.36. The Morgan fingerprint density at radius 2 is 0.900 bits per heavy atom. The average molecular weight is 403 g/mol. The van der Waals surface area contributed by atoms with Crippen LogP contribution in [0.25, 0.3) is 0 Å². The van der Waals surface area contributed by atoms with Gasteiger partial charge in [0.25, 0.3) is 0 Å². The van der Waals surface area contributed by atoms with E-state index in [1.807, 2.05) is 55.4 Å². The molecule has 3 aromatic heterocycles. The van der Waals surface area contributed by atoms with E-state index in [1.165, 1.54) is 16.7 Å². The molecule has 0 spiro atoms. The number of hydrogen-bond acceptors (Lipinski definition) is 6. The summed E-state index contributed by atoms with van der Waals surface area (Å²) < 4.78 is 0. The minimum atomic E-state index is 0.455. The number of nitrogens with zero attached hydrogens (tertiary/aromatic N) is 3. The quantitative estimate of drug-likeness (QED) is 0.511. The molecule has 0 unspecified atom stereocenters. The lowest BCUT2D eigenvalue weighted by Crippen LogP contribution is -2.50. The van der Waals surface area contributed by atoms with Gasteiger partial charge in [0.15, 0.2) is 0 Å². The van der Waals surface area contributed by atoms with Gasteiger partial charge >= 0.3 is 0 Å². The van der Waals surface area contributed by atoms with Crippen LogP contribution in [0, 0.1) is 0 Å². The van der Waals surface area contributed by atoms with Crippen LogP contribution in [-0.4, -0.2) is 33.1 Å². The van der Waals surface area contributed by atoms with E-state index in [0.29, 0.717) is 18.1 Å². The molecule has 3 heterocycles. The molecule has 0 radical (unpaired) electrons. The van der Waals surface area contributed by atoms with Crippen molar-refractivity contribution in [1.29, 1.82) is 0 Å². The third kappa shape index (κ3) is 6.42. The molecule has 30 heavy (non-hydrogen) atoms. The second-order valence-electron chi connectivity index (χ2n) is 8.02. The van der Waals surface area contributed by atoms with Gasteiger partial charge in [-0.15, -0.1) is 0 Å². The van der Waals surface area contributed by atoms with Gasteiger partial charge in [-0.25, -0.2) is 0 Å². The number of rotatable bonds is 9. The van der Waals surface area contributed by atoms with E-state index in [-0.39, 0.29) is 0 Å². The summed E-state index contributed by atoms with van der Waals surface area (Å²) in [6, 6.07) is 13.7. The minimum absolute atomic E-state index is 0.455. The van der Waals surface area contributed by atoms with Gasteiger partial charge in [-0.05, 0) is 54.2 Å². The Morgan fingerprint density at radius 3 is 1.17 bits per heavy atom. The van der Waals surface area contributed by atoms with E-state index in [4.69, 9.17) is 0 Å². The molecule has 156 valence electrons. The number of aromatic nitrogens is 3. The van der Waals surface area contributed by atoms with Crippen LogP contribution in [-0.2, 0) is 19.6 Å². The normalized spacial score (nSPS) is 21.4. The summed E-state index contributed by atoms with van der Waals surface area (Å²) in [5, 5.41) is 11.2. The maximum atomic E-state index is 4.23. The smallest absolute Gasteiger partial charge is 0.0312 e. The summed E-state index contributed by atoms with van der Waals surface area (Å²) in [6.45, 7) is 2.55. The van der Waals surface area contributed by atoms with E-state index in [9.17, 15) is 0 Å². The highest BCUT2D eigenvalue weighted by molar-refractivity contribution is 5.10. The van der Waals surface area contributed by atoms with Crippen molar-refractivity contribution in [2.24, 2.45) is 0 Å². The summed E-state index contributed by atoms with van der Waals surface area (Å²) in [7, 11) is 0. The van der Waals surface area contributed by atoms with Gasteiger partial charge in [-0.2, -0.15) is 0 Å². The zero-order valence-electron chi connectivity index (χ0n) is 17.2. The van der Waals surface area contributed by atoms with Crippen LogP contribution in [0.15, 0.2) is 73.6 Å². The van der Waals surface area contributed by atoms with Crippen LogP contribution in [0.5, 0.6) is 0 Å². The third-order valence-electron chi connectivity index (χ3n) is 5.66. The van der Waals surface area contributed by atoms with Gasteiger partial charge in [0.05, 0.1) is 0 Å². The van der Waals surface area contributed by atoms with E-state index in [1.54, 1.807) is 0 Å². The van der Waals surface area contributed by atoms with Gasteiger partial charge in [-0.3, -0.25) is 15.0 Å². The number of nitrogens with one attached hydrogen (secondary N) is 3. The largest absolute Gasteiger partial charge is 0.310 e. The molecule has 0 bridgehead atoms. The van der Waals surface area contributed by atoms with Crippen LogP contribution in [0.3, 0.4) is 0 Å². The van der Waals surface area contributed by atoms with Crippen molar-refractivity contribution in [3.05, 3.63) is 90.3 Å². The summed E-state index contributed by atoms with van der Waals surface area (Å²) in [5.41, 5.74) is 3.67. The van der Waals surface area contributed by atoms with Crippen molar-refractivity contribution in [1.82, 2.24) is 30.9 Å². The lowest BCUT2D eigenvalue weighted by molar-refractivity contribution is 0.246. The SMILES string of the molecule is c1cncc(CNC2CC(NCc3cccnc3)CC(NCc3cccnc3)C2)c1. The molecule has 6 nitrogen and oxygen atoms in total. The molecule has 3 N–H and O–H groups in total. The maximum absolute atomic E-state index is 4.23. The topological polar surface area (TPSA) is 74.8 Å². The Labute approximate surface area is 178 Å². The summed E-state index contributed by atoms with van der Waals surface area (Å²) >= 11 is 0. The van der Waals surface area contributed by atoms with Gasteiger partial charge in [0.1, 0.15) is 0 Å². The maximum Gasteiger partial charge on any atom is 0.0312 e. The summed E-state index contributed by atoms with van der Waals surface area (Å²) in [4.78, 5) is 12.7. The Bertz CT molecular complexity index is 735. The fourth-order valence-corrected chi connectivity index (χ4v) is 4.11. The molecular formula is C24H30N6. The highest BCUT2D eigenvalue weighted by Gasteiger charge is 2.28. The van der Waals surface area contributed by atoms with E-state index in [2.05, 4.69) is 49.1 Å². The number of hydrogen-bond donors (Lipinski definition) is 3. The van der Waals surface area contributed by atoms with E-state index < -0.39 is 0 Å². The Kier molecular flexibility index (Phi) is 7.50. The zero-order valence-corrected chi connectivity index (χ0v) is 17.2. The fourth-order valence-electron chi connectivity index (χ4n) is 4.11. The molecule has 1 aliphatic rings. The highest BCUT2D eigenvalue weighted by Crippen LogP contribution is 2.21. The Balaban J connectivity index is 1.34. The first kappa shape index (κ1) is 20.6. The predicted molar refractivity (Wildman–Crippen MR) is 118 cm³/mol. The Morgan fingerprint density at radius 1 is 0.567 bits per heavy atom. The molecule has 0 aliphatic heterocycles. The van der Waals surface area contributed by atoms with Gasteiger partial charge < -0.3 is 16.0 Å². The van der Waals surface area contributed by atoms with Crippen molar-refractivity contribution in [2.45, 2.75) is 57.0 Å². The second-order valence-corrected chi connectivity index (χ2v) is 8.02. The first-order valence-corrected chi connectivity index (χ1v) is 10.7. The first-order valence-electron chi connectivity index (χ1n) is 10.7. The standard InChI is InChI=1S/C24H30N6/c1-4-19(13-25-7-1)16-28-22-10-23(29-17-20-5-2-8-26-14-20)12-24(11-22)30-18-21-6-3-9-27-15-21/h1-9,13-15,22-24,28-30H,10-12,16-18H2. The third-order valence-corrected chi connectivity index (χ3v) is 5.66. The molecule has 0 saturated heterocycles. The average Bonchev–Trinajstić information content (AvgIpc) is 2.82. The van der Waals surface area contributed by atoms with Crippen molar-refractivity contribution in [3.63, 3.8) is 0 Å². The van der Waals surface area contributed by atoms with Crippen LogP contribution < -0.4 is 16.0 Å². The molecule has 0 aromatic carbocycles. The lowest BCUT2D eigenvalue weighted by atomic mass is 9.86. The van der Waals surface area contributed by atoms with E-state index >= 15 is 0 Å². The van der Waals surface area contributed by atoms with Crippen molar-refractivity contribution in [2.75, 3.05) is 0 Å². The monoisotopic (exact) mass is 402 g/mol. The molecule has 1 saturated carbocycles. The molecule has 6 heteroatoms. The van der Waals surface area contributed by atoms with Gasteiger partial charge in [-0.1, -0.05) is 18.2 Å². The van der Waals surface area contributed by atoms with E-state index in [0.717, 1.165) is 38.9 Å². The highest BCUT2D eigenvalue weighted by atomic mass is 15.0. The van der Waals surface area contributed by atoms with Crippen LogP contribution in [0.4, 0.5) is 0 Å².